The fourth-order valence-electron chi connectivity index (χ4n) is 4.06. The summed E-state index contributed by atoms with van der Waals surface area (Å²) in [5.41, 5.74) is 4.52. The van der Waals surface area contributed by atoms with E-state index in [0.29, 0.717) is 0 Å². The largest absolute Gasteiger partial charge is 0.478 e. The van der Waals surface area contributed by atoms with Crippen LogP contribution in [-0.2, 0) is 16.1 Å². The number of aromatic carboxylic acids is 1. The highest BCUT2D eigenvalue weighted by molar-refractivity contribution is 5.86. The van der Waals surface area contributed by atoms with Crippen molar-refractivity contribution >= 4 is 18.0 Å². The minimum Gasteiger partial charge on any atom is -0.478 e. The number of carbonyl (C=O) groups is 3. The van der Waals surface area contributed by atoms with Crippen molar-refractivity contribution in [1.29, 1.82) is 0 Å². The lowest BCUT2D eigenvalue weighted by Gasteiger charge is -2.21. The van der Waals surface area contributed by atoms with Crippen molar-refractivity contribution in [1.82, 2.24) is 20.6 Å². The Morgan fingerprint density at radius 3 is 2.11 bits per heavy atom. The lowest BCUT2D eigenvalue weighted by Crippen LogP contribution is -2.44. The molecule has 1 aromatic heterocycles. The maximum Gasteiger partial charge on any atom is 0.407 e. The molecular weight excluding hydrogens is 448 g/mol. The van der Waals surface area contributed by atoms with Crippen molar-refractivity contribution in [3.05, 3.63) is 83.4 Å². The van der Waals surface area contributed by atoms with E-state index < -0.39 is 24.0 Å². The fourth-order valence-corrected chi connectivity index (χ4v) is 4.06. The van der Waals surface area contributed by atoms with E-state index in [1.807, 2.05) is 24.3 Å². The number of fused-ring (bicyclic) bond motifs is 3. The van der Waals surface area contributed by atoms with Gasteiger partial charge in [0.1, 0.15) is 12.4 Å². The minimum atomic E-state index is -1.12. The van der Waals surface area contributed by atoms with E-state index in [0.717, 1.165) is 22.3 Å². The van der Waals surface area contributed by atoms with Crippen LogP contribution < -0.4 is 10.6 Å². The van der Waals surface area contributed by atoms with E-state index in [1.165, 1.54) is 12.4 Å². The Balaban J connectivity index is 1.28. The zero-order chi connectivity index (χ0) is 24.9. The van der Waals surface area contributed by atoms with Gasteiger partial charge in [-0.15, -0.1) is 0 Å². The number of ether oxygens (including phenoxy) is 1. The van der Waals surface area contributed by atoms with E-state index in [9.17, 15) is 14.4 Å². The smallest absolute Gasteiger partial charge is 0.407 e. The van der Waals surface area contributed by atoms with Gasteiger partial charge in [0.2, 0.25) is 5.91 Å². The van der Waals surface area contributed by atoms with Crippen LogP contribution in [0.2, 0.25) is 0 Å². The first kappa shape index (κ1) is 23.9. The molecule has 2 amide bonds. The Morgan fingerprint density at radius 2 is 1.54 bits per heavy atom. The second-order valence-corrected chi connectivity index (χ2v) is 8.46. The van der Waals surface area contributed by atoms with Gasteiger partial charge in [0, 0.05) is 24.4 Å². The molecule has 2 aromatic carbocycles. The molecule has 1 heterocycles. The number of rotatable bonds is 8. The summed E-state index contributed by atoms with van der Waals surface area (Å²) in [4.78, 5) is 43.7. The molecule has 3 N–H and O–H groups in total. The second-order valence-electron chi connectivity index (χ2n) is 8.46. The number of aromatic nitrogens is 2. The molecule has 0 radical (unpaired) electrons. The highest BCUT2D eigenvalue weighted by atomic mass is 16.5. The summed E-state index contributed by atoms with van der Waals surface area (Å²) >= 11 is 0. The molecule has 2 unspecified atom stereocenters. The Hall–Kier alpha value is -4.27. The predicted octanol–water partition coefficient (Wildman–Crippen LogP) is 3.35. The number of alkyl carbamates (subject to hydrolysis) is 1. The van der Waals surface area contributed by atoms with Crippen molar-refractivity contribution in [3.8, 4) is 11.1 Å². The Labute approximate surface area is 202 Å². The summed E-state index contributed by atoms with van der Waals surface area (Å²) in [6, 6.07) is 15.7. The fraction of sp³-hybridized carbons (Fsp3) is 0.269. The minimum absolute atomic E-state index is 0.0330. The maximum absolute atomic E-state index is 12.5. The van der Waals surface area contributed by atoms with Crippen LogP contribution in [-0.4, -0.2) is 45.7 Å². The number of nitrogens with zero attached hydrogens (tertiary/aromatic N) is 2. The molecule has 0 aliphatic heterocycles. The average molecular weight is 475 g/mol. The van der Waals surface area contributed by atoms with Gasteiger partial charge in [-0.3, -0.25) is 4.79 Å². The third-order valence-electron chi connectivity index (χ3n) is 6.23. The third kappa shape index (κ3) is 5.29. The predicted molar refractivity (Wildman–Crippen MR) is 128 cm³/mol. The quantitative estimate of drug-likeness (QED) is 0.456. The van der Waals surface area contributed by atoms with Gasteiger partial charge in [-0.25, -0.2) is 19.6 Å². The van der Waals surface area contributed by atoms with Crippen molar-refractivity contribution in [2.24, 2.45) is 5.92 Å². The highest BCUT2D eigenvalue weighted by Gasteiger charge is 2.29. The first-order chi connectivity index (χ1) is 16.8. The van der Waals surface area contributed by atoms with Crippen LogP contribution in [0.3, 0.4) is 0 Å². The number of carbonyl (C=O) groups excluding carboxylic acids is 2. The SMILES string of the molecule is CC(NC(=O)OCC1c2ccccc2-c2ccccc21)C(C)C(=O)NCc1ncc(C(=O)O)cn1. The van der Waals surface area contributed by atoms with Crippen LogP contribution in [0.4, 0.5) is 4.79 Å². The normalized spacial score (nSPS) is 13.8. The molecule has 0 saturated carbocycles. The number of nitrogens with one attached hydrogen (secondary N) is 2. The van der Waals surface area contributed by atoms with Crippen molar-refractivity contribution in [2.75, 3.05) is 6.61 Å². The Morgan fingerprint density at radius 1 is 0.971 bits per heavy atom. The van der Waals surface area contributed by atoms with Crippen molar-refractivity contribution in [2.45, 2.75) is 32.4 Å². The first-order valence-electron chi connectivity index (χ1n) is 11.3. The number of benzene rings is 2. The molecule has 0 saturated heterocycles. The summed E-state index contributed by atoms with van der Waals surface area (Å²) in [5.74, 6) is -1.73. The lowest BCUT2D eigenvalue weighted by atomic mass is 9.98. The molecule has 35 heavy (non-hydrogen) atoms. The highest BCUT2D eigenvalue weighted by Crippen LogP contribution is 2.44. The molecular formula is C26H26N4O5. The van der Waals surface area contributed by atoms with Gasteiger partial charge in [0.05, 0.1) is 18.0 Å². The second kappa shape index (κ2) is 10.3. The molecule has 2 atom stereocenters. The van der Waals surface area contributed by atoms with E-state index in [-0.39, 0.29) is 36.4 Å². The van der Waals surface area contributed by atoms with Crippen LogP contribution >= 0.6 is 0 Å². The number of carboxylic acid groups (broad SMARTS) is 1. The van der Waals surface area contributed by atoms with Gasteiger partial charge < -0.3 is 20.5 Å². The molecule has 0 bridgehead atoms. The Bertz CT molecular complexity index is 1200. The van der Waals surface area contributed by atoms with E-state index in [1.54, 1.807) is 13.8 Å². The maximum atomic E-state index is 12.5. The molecule has 9 nitrogen and oxygen atoms in total. The summed E-state index contributed by atoms with van der Waals surface area (Å²) in [5, 5.41) is 14.3. The van der Waals surface area contributed by atoms with Gasteiger partial charge in [-0.05, 0) is 29.2 Å². The standard InChI is InChI=1S/C26H26N4O5/c1-15(24(31)29-13-23-27-11-17(12-28-23)25(32)33)16(2)30-26(34)35-14-22-20-9-5-3-7-18(20)19-8-4-6-10-21(19)22/h3-12,15-16,22H,13-14H2,1-2H3,(H,29,31)(H,30,34)(H,32,33). The Kier molecular flexibility index (Phi) is 7.05. The molecule has 180 valence electrons. The van der Waals surface area contributed by atoms with Gasteiger partial charge in [0.25, 0.3) is 0 Å². The van der Waals surface area contributed by atoms with Crippen LogP contribution in [0.5, 0.6) is 0 Å². The molecule has 3 aromatic rings. The van der Waals surface area contributed by atoms with Crippen molar-refractivity contribution in [3.63, 3.8) is 0 Å². The average Bonchev–Trinajstić information content (AvgIpc) is 3.19. The molecule has 1 aliphatic carbocycles. The van der Waals surface area contributed by atoms with Crippen molar-refractivity contribution < 1.29 is 24.2 Å². The van der Waals surface area contributed by atoms with Crippen LogP contribution in [0, 0.1) is 5.92 Å². The first-order valence-corrected chi connectivity index (χ1v) is 11.3. The molecule has 4 rings (SSSR count). The van der Waals surface area contributed by atoms with E-state index in [2.05, 4.69) is 44.9 Å². The van der Waals surface area contributed by atoms with Gasteiger partial charge in [-0.1, -0.05) is 55.5 Å². The van der Waals surface area contributed by atoms with Gasteiger partial charge >= 0.3 is 12.1 Å². The number of amides is 2. The number of hydrogen-bond donors (Lipinski definition) is 3. The number of hydrogen-bond acceptors (Lipinski definition) is 6. The number of carboxylic acids is 1. The zero-order valence-corrected chi connectivity index (χ0v) is 19.4. The topological polar surface area (TPSA) is 131 Å². The summed E-state index contributed by atoms with van der Waals surface area (Å²) < 4.78 is 5.55. The van der Waals surface area contributed by atoms with Gasteiger partial charge in [0.15, 0.2) is 0 Å². The molecule has 9 heteroatoms. The monoisotopic (exact) mass is 474 g/mol. The van der Waals surface area contributed by atoms with Gasteiger partial charge in [-0.2, -0.15) is 0 Å². The zero-order valence-electron chi connectivity index (χ0n) is 19.4. The molecule has 0 spiro atoms. The lowest BCUT2D eigenvalue weighted by molar-refractivity contribution is -0.125. The van der Waals surface area contributed by atoms with Crippen LogP contribution in [0.25, 0.3) is 11.1 Å². The van der Waals surface area contributed by atoms with Crippen LogP contribution in [0.15, 0.2) is 60.9 Å². The summed E-state index contributed by atoms with van der Waals surface area (Å²) in [7, 11) is 0. The van der Waals surface area contributed by atoms with Crippen LogP contribution in [0.1, 0.15) is 47.1 Å². The van der Waals surface area contributed by atoms with E-state index in [4.69, 9.17) is 9.84 Å². The summed E-state index contributed by atoms with van der Waals surface area (Å²) in [6.07, 6.45) is 1.77. The van der Waals surface area contributed by atoms with E-state index >= 15 is 0 Å². The molecule has 1 aliphatic rings. The summed E-state index contributed by atoms with van der Waals surface area (Å²) in [6.45, 7) is 3.65. The molecule has 0 fully saturated rings. The third-order valence-corrected chi connectivity index (χ3v) is 6.23.